The van der Waals surface area contributed by atoms with Crippen LogP contribution in [0.2, 0.25) is 0 Å². The number of hydrogen-bond donors (Lipinski definition) is 1. The maximum atomic E-state index is 9.21. The zero-order chi connectivity index (χ0) is 9.97. The zero-order valence-electron chi connectivity index (χ0n) is 8.52. The summed E-state index contributed by atoms with van der Waals surface area (Å²) in [6.45, 7) is 1.41. The van der Waals surface area contributed by atoms with Crippen molar-refractivity contribution in [3.63, 3.8) is 0 Å². The Morgan fingerprint density at radius 2 is 1.86 bits per heavy atom. The molecule has 2 aliphatic rings. The molecular weight excluding hydrogens is 176 g/mol. The minimum Gasteiger partial charge on any atom is -0.390 e. The second-order valence-corrected chi connectivity index (χ2v) is 4.58. The molecule has 0 spiro atoms. The number of nitrogens with zero attached hydrogens (tertiary/aromatic N) is 2. The highest BCUT2D eigenvalue weighted by Gasteiger charge is 2.35. The maximum Gasteiger partial charge on any atom is 0.101 e. The Hall–Kier alpha value is -0.590. The van der Waals surface area contributed by atoms with E-state index < -0.39 is 0 Å². The first-order valence-electron chi connectivity index (χ1n) is 5.63. The van der Waals surface area contributed by atoms with Crippen LogP contribution in [0.5, 0.6) is 0 Å². The molecule has 2 rings (SSSR count). The molecule has 1 heterocycles. The molecule has 1 N–H and O–H groups in total. The van der Waals surface area contributed by atoms with Gasteiger partial charge in [-0.2, -0.15) is 5.26 Å². The average molecular weight is 194 g/mol. The molecule has 2 fully saturated rings. The van der Waals surface area contributed by atoms with Gasteiger partial charge in [-0.1, -0.05) is 19.3 Å². The summed E-state index contributed by atoms with van der Waals surface area (Å²) in [6.07, 6.45) is 6.10. The molecule has 0 bridgehead atoms. The SMILES string of the molecule is N#C[C@H](C1CCCCC1)N1CC(O)C1. The van der Waals surface area contributed by atoms with Crippen LogP contribution in [0.1, 0.15) is 32.1 Å². The Morgan fingerprint density at radius 3 is 2.36 bits per heavy atom. The van der Waals surface area contributed by atoms with E-state index in [1.807, 2.05) is 0 Å². The molecule has 1 atom stereocenters. The van der Waals surface area contributed by atoms with Crippen LogP contribution in [-0.4, -0.2) is 35.2 Å². The summed E-state index contributed by atoms with van der Waals surface area (Å²) in [5.74, 6) is 0.557. The molecule has 1 saturated carbocycles. The first-order valence-corrected chi connectivity index (χ1v) is 5.63. The zero-order valence-corrected chi connectivity index (χ0v) is 8.52. The normalized spacial score (nSPS) is 28.0. The van der Waals surface area contributed by atoms with Crippen LogP contribution in [0.15, 0.2) is 0 Å². The average Bonchev–Trinajstić information content (AvgIpc) is 2.18. The minimum atomic E-state index is -0.186. The molecule has 0 radical (unpaired) electrons. The van der Waals surface area contributed by atoms with Gasteiger partial charge < -0.3 is 5.11 Å². The fourth-order valence-electron chi connectivity index (χ4n) is 2.65. The lowest BCUT2D eigenvalue weighted by Crippen LogP contribution is -2.57. The highest BCUT2D eigenvalue weighted by Crippen LogP contribution is 2.30. The summed E-state index contributed by atoms with van der Waals surface area (Å²) < 4.78 is 0. The fourth-order valence-corrected chi connectivity index (χ4v) is 2.65. The summed E-state index contributed by atoms with van der Waals surface area (Å²) in [5.41, 5.74) is 0. The van der Waals surface area contributed by atoms with Gasteiger partial charge in [0.2, 0.25) is 0 Å². The van der Waals surface area contributed by atoms with Gasteiger partial charge in [0.05, 0.1) is 12.2 Å². The molecule has 78 valence electrons. The van der Waals surface area contributed by atoms with Crippen molar-refractivity contribution in [2.75, 3.05) is 13.1 Å². The predicted molar refractivity (Wildman–Crippen MR) is 53.6 cm³/mol. The molecule has 1 saturated heterocycles. The lowest BCUT2D eigenvalue weighted by atomic mass is 9.83. The van der Waals surface area contributed by atoms with Gasteiger partial charge in [0.25, 0.3) is 0 Å². The van der Waals surface area contributed by atoms with Gasteiger partial charge in [-0.15, -0.1) is 0 Å². The van der Waals surface area contributed by atoms with Crippen LogP contribution in [0.25, 0.3) is 0 Å². The van der Waals surface area contributed by atoms with E-state index in [4.69, 9.17) is 5.26 Å². The van der Waals surface area contributed by atoms with Crippen molar-refractivity contribution in [2.45, 2.75) is 44.2 Å². The van der Waals surface area contributed by atoms with E-state index in [0.717, 1.165) is 0 Å². The van der Waals surface area contributed by atoms with E-state index in [1.54, 1.807) is 0 Å². The number of rotatable bonds is 2. The first kappa shape index (κ1) is 9.95. The fraction of sp³-hybridized carbons (Fsp3) is 0.909. The lowest BCUT2D eigenvalue weighted by molar-refractivity contribution is -0.0283. The van der Waals surface area contributed by atoms with Crippen LogP contribution >= 0.6 is 0 Å². The third-order valence-electron chi connectivity index (χ3n) is 3.51. The number of β-amino-alcohol motifs (C(OH)–C–C–N with tert-alkyl or cyclic N) is 1. The molecule has 0 unspecified atom stereocenters. The van der Waals surface area contributed by atoms with Crippen LogP contribution < -0.4 is 0 Å². The van der Waals surface area contributed by atoms with Gasteiger partial charge in [-0.25, -0.2) is 0 Å². The Labute approximate surface area is 85.3 Å². The van der Waals surface area contributed by atoms with E-state index in [1.165, 1.54) is 32.1 Å². The monoisotopic (exact) mass is 194 g/mol. The molecule has 0 amide bonds. The Kier molecular flexibility index (Phi) is 3.05. The van der Waals surface area contributed by atoms with E-state index in [0.29, 0.717) is 19.0 Å². The Bertz CT molecular complexity index is 224. The third-order valence-corrected chi connectivity index (χ3v) is 3.51. The number of aliphatic hydroxyl groups is 1. The van der Waals surface area contributed by atoms with Gasteiger partial charge in [-0.05, 0) is 18.8 Å². The quantitative estimate of drug-likeness (QED) is 0.717. The Balaban J connectivity index is 1.89. The molecule has 0 aromatic rings. The lowest BCUT2D eigenvalue weighted by Gasteiger charge is -2.42. The summed E-state index contributed by atoms with van der Waals surface area (Å²) in [6, 6.07) is 2.48. The number of hydrogen-bond acceptors (Lipinski definition) is 3. The highest BCUT2D eigenvalue weighted by atomic mass is 16.3. The summed E-state index contributed by atoms with van der Waals surface area (Å²) in [4.78, 5) is 2.13. The van der Waals surface area contributed by atoms with E-state index in [9.17, 15) is 5.11 Å². The largest absolute Gasteiger partial charge is 0.390 e. The topological polar surface area (TPSA) is 47.3 Å². The summed E-state index contributed by atoms with van der Waals surface area (Å²) >= 11 is 0. The van der Waals surface area contributed by atoms with E-state index in [-0.39, 0.29) is 12.1 Å². The molecule has 0 aromatic carbocycles. The molecule has 0 aromatic heterocycles. The Morgan fingerprint density at radius 1 is 1.21 bits per heavy atom. The van der Waals surface area contributed by atoms with Crippen molar-refractivity contribution >= 4 is 0 Å². The molecule has 3 heteroatoms. The third kappa shape index (κ3) is 1.92. The van der Waals surface area contributed by atoms with Crippen molar-refractivity contribution in [3.8, 4) is 6.07 Å². The highest BCUT2D eigenvalue weighted by molar-refractivity contribution is 5.01. The standard InChI is InChI=1S/C11H18N2O/c12-6-11(13-7-10(14)8-13)9-4-2-1-3-5-9/h9-11,14H,1-5,7-8H2/t11-/m1/s1. The van der Waals surface area contributed by atoms with Crippen molar-refractivity contribution in [3.05, 3.63) is 0 Å². The number of aliphatic hydroxyl groups excluding tert-OH is 1. The predicted octanol–water partition coefficient (Wildman–Crippen LogP) is 1.14. The van der Waals surface area contributed by atoms with Crippen molar-refractivity contribution < 1.29 is 5.11 Å². The van der Waals surface area contributed by atoms with Gasteiger partial charge in [0.1, 0.15) is 6.04 Å². The van der Waals surface area contributed by atoms with E-state index in [2.05, 4.69) is 11.0 Å². The van der Waals surface area contributed by atoms with Gasteiger partial charge >= 0.3 is 0 Å². The molecule has 14 heavy (non-hydrogen) atoms. The number of likely N-dealkylation sites (tertiary alicyclic amines) is 1. The number of nitriles is 1. The van der Waals surface area contributed by atoms with Gasteiger partial charge in [-0.3, -0.25) is 4.90 Å². The van der Waals surface area contributed by atoms with Crippen LogP contribution in [0.3, 0.4) is 0 Å². The van der Waals surface area contributed by atoms with E-state index >= 15 is 0 Å². The van der Waals surface area contributed by atoms with Crippen molar-refractivity contribution in [1.29, 1.82) is 5.26 Å². The van der Waals surface area contributed by atoms with Crippen LogP contribution in [-0.2, 0) is 0 Å². The van der Waals surface area contributed by atoms with Crippen molar-refractivity contribution in [1.82, 2.24) is 4.90 Å². The van der Waals surface area contributed by atoms with Crippen LogP contribution in [0.4, 0.5) is 0 Å². The maximum absolute atomic E-state index is 9.21. The van der Waals surface area contributed by atoms with Crippen molar-refractivity contribution in [2.24, 2.45) is 5.92 Å². The molecule has 3 nitrogen and oxygen atoms in total. The molecule has 1 aliphatic carbocycles. The summed E-state index contributed by atoms with van der Waals surface area (Å²) in [7, 11) is 0. The first-order chi connectivity index (χ1) is 6.81. The minimum absolute atomic E-state index is 0.0682. The smallest absolute Gasteiger partial charge is 0.101 e. The summed E-state index contributed by atoms with van der Waals surface area (Å²) in [5, 5.41) is 18.3. The van der Waals surface area contributed by atoms with Gasteiger partial charge in [0, 0.05) is 13.1 Å². The van der Waals surface area contributed by atoms with Crippen LogP contribution in [0, 0.1) is 17.2 Å². The second kappa shape index (κ2) is 4.29. The van der Waals surface area contributed by atoms with Gasteiger partial charge in [0.15, 0.2) is 0 Å². The molecular formula is C11H18N2O. The molecule has 1 aliphatic heterocycles. The second-order valence-electron chi connectivity index (χ2n) is 4.58.